The molecule has 2 N–H and O–H groups in total. The number of hydrogen-bond acceptors (Lipinski definition) is 4. The first kappa shape index (κ1) is 18.3. The molecule has 0 aliphatic carbocycles. The number of carboxylic acids is 1. The number of benzene rings is 2. The number of carboxylic acid groups (broad SMARTS) is 1. The van der Waals surface area contributed by atoms with Crippen molar-refractivity contribution in [1.29, 1.82) is 0 Å². The van der Waals surface area contributed by atoms with E-state index in [0.717, 1.165) is 21.6 Å². The molecule has 4 rings (SSSR count). The van der Waals surface area contributed by atoms with Gasteiger partial charge >= 0.3 is 5.97 Å². The molecule has 1 atom stereocenters. The van der Waals surface area contributed by atoms with E-state index in [0.29, 0.717) is 17.0 Å². The van der Waals surface area contributed by atoms with Crippen molar-refractivity contribution in [1.82, 2.24) is 0 Å². The van der Waals surface area contributed by atoms with Crippen molar-refractivity contribution >= 4 is 28.9 Å². The van der Waals surface area contributed by atoms with Crippen molar-refractivity contribution in [3.8, 4) is 16.9 Å². The molecule has 1 unspecified atom stereocenters. The van der Waals surface area contributed by atoms with E-state index in [1.54, 1.807) is 7.11 Å². The van der Waals surface area contributed by atoms with Gasteiger partial charge in [-0.05, 0) is 30.2 Å². The van der Waals surface area contributed by atoms with Crippen LogP contribution >= 0.6 is 11.3 Å². The third-order valence-electron chi connectivity index (χ3n) is 4.94. The van der Waals surface area contributed by atoms with Gasteiger partial charge in [0, 0.05) is 22.8 Å². The van der Waals surface area contributed by atoms with Gasteiger partial charge in [-0.15, -0.1) is 11.3 Å². The Kier molecular flexibility index (Phi) is 4.65. The highest BCUT2D eigenvalue weighted by atomic mass is 32.1. The Balaban J connectivity index is 1.92. The maximum absolute atomic E-state index is 12.5. The summed E-state index contributed by atoms with van der Waals surface area (Å²) >= 11 is 1.23. The van der Waals surface area contributed by atoms with Gasteiger partial charge in [0.1, 0.15) is 10.6 Å². The van der Waals surface area contributed by atoms with Crippen LogP contribution in [0.15, 0.2) is 48.5 Å². The van der Waals surface area contributed by atoms with Crippen LogP contribution < -0.4 is 10.1 Å². The van der Waals surface area contributed by atoms with Gasteiger partial charge in [-0.2, -0.15) is 0 Å². The molecular weight excluding hydrogens is 374 g/mol. The van der Waals surface area contributed by atoms with E-state index in [1.165, 1.54) is 11.3 Å². The Labute approximate surface area is 166 Å². The van der Waals surface area contributed by atoms with Crippen LogP contribution in [0.5, 0.6) is 5.75 Å². The van der Waals surface area contributed by atoms with Gasteiger partial charge in [0.2, 0.25) is 5.91 Å². The molecule has 0 bridgehead atoms. The number of ether oxygens (including phenoxy) is 1. The lowest BCUT2D eigenvalue weighted by molar-refractivity contribution is -0.116. The quantitative estimate of drug-likeness (QED) is 0.661. The zero-order chi connectivity index (χ0) is 19.8. The third kappa shape index (κ3) is 3.16. The zero-order valence-electron chi connectivity index (χ0n) is 15.5. The van der Waals surface area contributed by atoms with Gasteiger partial charge in [0.25, 0.3) is 0 Å². The molecule has 1 aromatic heterocycles. The number of fused-ring (bicyclic) bond motifs is 1. The van der Waals surface area contributed by atoms with Gasteiger partial charge in [-0.25, -0.2) is 4.79 Å². The van der Waals surface area contributed by atoms with E-state index < -0.39 is 5.97 Å². The van der Waals surface area contributed by atoms with Crippen molar-refractivity contribution in [3.63, 3.8) is 0 Å². The summed E-state index contributed by atoms with van der Waals surface area (Å²) in [5.74, 6) is -0.614. The summed E-state index contributed by atoms with van der Waals surface area (Å²) in [5.41, 5.74) is 3.99. The number of thiophene rings is 1. The van der Waals surface area contributed by atoms with E-state index in [4.69, 9.17) is 4.74 Å². The zero-order valence-corrected chi connectivity index (χ0v) is 16.3. The maximum Gasteiger partial charge on any atom is 0.346 e. The lowest BCUT2D eigenvalue weighted by Gasteiger charge is -2.24. The molecule has 0 saturated carbocycles. The highest BCUT2D eigenvalue weighted by Crippen LogP contribution is 2.49. The second-order valence-corrected chi connectivity index (χ2v) is 7.85. The van der Waals surface area contributed by atoms with E-state index in [2.05, 4.69) is 5.32 Å². The molecule has 0 fully saturated rings. The highest BCUT2D eigenvalue weighted by molar-refractivity contribution is 7.15. The molecule has 6 heteroatoms. The Bertz CT molecular complexity index is 1070. The number of amides is 1. The molecular formula is C22H19NO4S. The van der Waals surface area contributed by atoms with Crippen LogP contribution in [-0.2, 0) is 4.79 Å². The van der Waals surface area contributed by atoms with Gasteiger partial charge in [-0.1, -0.05) is 42.0 Å². The fourth-order valence-electron chi connectivity index (χ4n) is 3.56. The van der Waals surface area contributed by atoms with E-state index in [-0.39, 0.29) is 23.1 Å². The largest absolute Gasteiger partial charge is 0.497 e. The molecule has 28 heavy (non-hydrogen) atoms. The van der Waals surface area contributed by atoms with Crippen LogP contribution in [0.1, 0.15) is 38.0 Å². The Morgan fingerprint density at radius 3 is 2.64 bits per heavy atom. The fraction of sp³-hybridized carbons (Fsp3) is 0.182. The average molecular weight is 393 g/mol. The summed E-state index contributed by atoms with van der Waals surface area (Å²) in [5, 5.41) is 12.7. The van der Waals surface area contributed by atoms with Crippen LogP contribution in [-0.4, -0.2) is 24.1 Å². The maximum atomic E-state index is 12.5. The molecule has 0 saturated heterocycles. The Hall–Kier alpha value is -3.12. The summed E-state index contributed by atoms with van der Waals surface area (Å²) in [7, 11) is 1.60. The van der Waals surface area contributed by atoms with Crippen LogP contribution in [0.4, 0.5) is 5.69 Å². The standard InChI is InChI=1S/C22H19NO4S/c1-12-6-8-13(9-7-12)18-19-20(28-21(18)22(25)26)16(11-17(24)23-19)14-4-3-5-15(10-14)27-2/h3-10,16H,11H2,1-2H3,(H,23,24)(H,25,26). The number of hydrogen-bond donors (Lipinski definition) is 2. The summed E-state index contributed by atoms with van der Waals surface area (Å²) in [6.45, 7) is 1.98. The number of rotatable bonds is 4. The SMILES string of the molecule is COc1cccc(C2CC(=O)Nc3c2sc(C(=O)O)c3-c2ccc(C)cc2)c1. The third-order valence-corrected chi connectivity index (χ3v) is 6.23. The van der Waals surface area contributed by atoms with Gasteiger partial charge in [0.05, 0.1) is 12.8 Å². The Morgan fingerprint density at radius 2 is 1.96 bits per heavy atom. The molecule has 0 spiro atoms. The van der Waals surface area contributed by atoms with Crippen LogP contribution in [0.3, 0.4) is 0 Å². The number of nitrogens with one attached hydrogen (secondary N) is 1. The Morgan fingerprint density at radius 1 is 1.21 bits per heavy atom. The van der Waals surface area contributed by atoms with Crippen molar-refractivity contribution < 1.29 is 19.4 Å². The molecule has 1 aliphatic heterocycles. The number of carbonyl (C=O) groups is 2. The normalized spacial score (nSPS) is 15.6. The monoisotopic (exact) mass is 393 g/mol. The van der Waals surface area contributed by atoms with Crippen molar-refractivity contribution in [2.24, 2.45) is 0 Å². The smallest absolute Gasteiger partial charge is 0.346 e. The van der Waals surface area contributed by atoms with Crippen LogP contribution in [0, 0.1) is 6.92 Å². The lowest BCUT2D eigenvalue weighted by atomic mass is 9.88. The second-order valence-electron chi connectivity index (χ2n) is 6.80. The minimum atomic E-state index is -0.992. The van der Waals surface area contributed by atoms with E-state index in [9.17, 15) is 14.7 Å². The molecule has 2 aromatic carbocycles. The second kappa shape index (κ2) is 7.13. The van der Waals surface area contributed by atoms with Crippen LogP contribution in [0.25, 0.3) is 11.1 Å². The molecule has 0 radical (unpaired) electrons. The highest BCUT2D eigenvalue weighted by Gasteiger charge is 2.34. The average Bonchev–Trinajstić information content (AvgIpc) is 3.07. The fourth-order valence-corrected chi connectivity index (χ4v) is 4.81. The first-order valence-corrected chi connectivity index (χ1v) is 9.70. The molecule has 1 aliphatic rings. The van der Waals surface area contributed by atoms with E-state index in [1.807, 2.05) is 55.5 Å². The minimum Gasteiger partial charge on any atom is -0.497 e. The molecule has 2 heterocycles. The van der Waals surface area contributed by atoms with Crippen molar-refractivity contribution in [2.75, 3.05) is 12.4 Å². The summed E-state index contributed by atoms with van der Waals surface area (Å²) < 4.78 is 5.32. The molecule has 1 amide bonds. The number of anilines is 1. The van der Waals surface area contributed by atoms with Gasteiger partial charge in [-0.3, -0.25) is 4.79 Å². The number of aryl methyl sites for hydroxylation is 1. The van der Waals surface area contributed by atoms with Gasteiger partial charge in [0.15, 0.2) is 0 Å². The van der Waals surface area contributed by atoms with Gasteiger partial charge < -0.3 is 15.2 Å². The first-order valence-electron chi connectivity index (χ1n) is 8.88. The minimum absolute atomic E-state index is 0.122. The molecule has 3 aromatic rings. The number of aromatic carboxylic acids is 1. The summed E-state index contributed by atoms with van der Waals surface area (Å²) in [6, 6.07) is 15.2. The number of carbonyl (C=O) groups excluding carboxylic acids is 1. The van der Waals surface area contributed by atoms with Crippen molar-refractivity contribution in [2.45, 2.75) is 19.3 Å². The molecule has 142 valence electrons. The summed E-state index contributed by atoms with van der Waals surface area (Å²) in [6.07, 6.45) is 0.271. The first-order chi connectivity index (χ1) is 13.5. The van der Waals surface area contributed by atoms with Crippen LogP contribution in [0.2, 0.25) is 0 Å². The number of methoxy groups -OCH3 is 1. The lowest BCUT2D eigenvalue weighted by Crippen LogP contribution is -2.22. The predicted molar refractivity (Wildman–Crippen MR) is 110 cm³/mol. The van der Waals surface area contributed by atoms with Crippen molar-refractivity contribution in [3.05, 3.63) is 69.4 Å². The molecule has 5 nitrogen and oxygen atoms in total. The topological polar surface area (TPSA) is 75.6 Å². The summed E-state index contributed by atoms with van der Waals surface area (Å²) in [4.78, 5) is 25.6. The predicted octanol–water partition coefficient (Wildman–Crippen LogP) is 4.90. The van der Waals surface area contributed by atoms with E-state index >= 15 is 0 Å².